The van der Waals surface area contributed by atoms with Crippen molar-refractivity contribution in [3.63, 3.8) is 0 Å². The largest absolute Gasteiger partial charge is 0.274 e. The lowest BCUT2D eigenvalue weighted by Crippen LogP contribution is -2.49. The van der Waals surface area contributed by atoms with E-state index in [0.717, 1.165) is 10.8 Å². The summed E-state index contributed by atoms with van der Waals surface area (Å²) in [6.07, 6.45) is 0. The summed E-state index contributed by atoms with van der Waals surface area (Å²) in [7, 11) is 0. The van der Waals surface area contributed by atoms with Gasteiger partial charge in [-0.2, -0.15) is 0 Å². The van der Waals surface area contributed by atoms with Crippen molar-refractivity contribution < 1.29 is 9.59 Å². The number of carbonyl (C=O) groups is 2. The summed E-state index contributed by atoms with van der Waals surface area (Å²) in [5.41, 5.74) is 4.66. The molecule has 0 N–H and O–H groups in total. The third-order valence-electron chi connectivity index (χ3n) is 8.02. The molecule has 154 valence electrons. The smallest absolute Gasteiger partial charge is 0.241 e. The Bertz CT molecular complexity index is 1420. The van der Waals surface area contributed by atoms with Crippen LogP contribution in [0.1, 0.15) is 41.0 Å². The van der Waals surface area contributed by atoms with Crippen molar-refractivity contribution in [2.75, 3.05) is 4.90 Å². The Labute approximate surface area is 186 Å². The first kappa shape index (κ1) is 17.9. The second-order valence-corrected chi connectivity index (χ2v) is 9.41. The molecule has 0 spiro atoms. The fraction of sp³-hybridized carbons (Fsp3) is 0.172. The van der Waals surface area contributed by atoms with E-state index in [4.69, 9.17) is 0 Å². The molecule has 0 saturated carbocycles. The van der Waals surface area contributed by atoms with E-state index in [2.05, 4.69) is 24.3 Å². The van der Waals surface area contributed by atoms with Gasteiger partial charge in [-0.3, -0.25) is 9.59 Å². The molecule has 1 heterocycles. The second kappa shape index (κ2) is 5.95. The third kappa shape index (κ3) is 1.93. The molecule has 8 rings (SSSR count). The zero-order chi connectivity index (χ0) is 21.6. The Balaban J connectivity index is 1.50. The van der Waals surface area contributed by atoms with E-state index in [9.17, 15) is 9.59 Å². The Morgan fingerprint density at radius 1 is 0.688 bits per heavy atom. The van der Waals surface area contributed by atoms with Gasteiger partial charge < -0.3 is 0 Å². The monoisotopic (exact) mass is 415 g/mol. The first-order chi connectivity index (χ1) is 15.6. The van der Waals surface area contributed by atoms with E-state index in [1.54, 1.807) is 0 Å². The van der Waals surface area contributed by atoms with Crippen molar-refractivity contribution in [3.05, 3.63) is 113 Å². The Morgan fingerprint density at radius 3 is 1.94 bits per heavy atom. The predicted octanol–water partition coefficient (Wildman–Crippen LogP) is 5.63. The van der Waals surface area contributed by atoms with Gasteiger partial charge in [0.05, 0.1) is 17.0 Å². The minimum Gasteiger partial charge on any atom is -0.274 e. The van der Waals surface area contributed by atoms with Gasteiger partial charge in [-0.1, -0.05) is 84.9 Å². The van der Waals surface area contributed by atoms with Crippen LogP contribution in [0.15, 0.2) is 91.0 Å². The lowest BCUT2D eigenvalue weighted by molar-refractivity contribution is -0.128. The molecule has 4 aromatic carbocycles. The molecule has 4 aliphatic rings. The van der Waals surface area contributed by atoms with Crippen molar-refractivity contribution in [1.82, 2.24) is 0 Å². The molecule has 0 radical (unpaired) electrons. The van der Waals surface area contributed by atoms with Crippen LogP contribution in [0.2, 0.25) is 0 Å². The molecule has 2 amide bonds. The molecule has 3 heteroatoms. The van der Waals surface area contributed by atoms with Crippen LogP contribution in [0.4, 0.5) is 5.69 Å². The molecule has 32 heavy (non-hydrogen) atoms. The van der Waals surface area contributed by atoms with Crippen molar-refractivity contribution in [2.24, 2.45) is 11.3 Å². The van der Waals surface area contributed by atoms with Gasteiger partial charge in [0.25, 0.3) is 0 Å². The minimum absolute atomic E-state index is 0.0761. The molecule has 2 bridgehead atoms. The van der Waals surface area contributed by atoms with Crippen LogP contribution in [0.5, 0.6) is 0 Å². The van der Waals surface area contributed by atoms with Crippen molar-refractivity contribution in [3.8, 4) is 0 Å². The predicted molar refractivity (Wildman–Crippen MR) is 125 cm³/mol. The van der Waals surface area contributed by atoms with E-state index >= 15 is 0 Å². The highest BCUT2D eigenvalue weighted by molar-refractivity contribution is 6.27. The zero-order valence-electron chi connectivity index (χ0n) is 17.7. The molecule has 2 atom stereocenters. The maximum absolute atomic E-state index is 14.2. The summed E-state index contributed by atoms with van der Waals surface area (Å²) in [4.78, 5) is 29.8. The summed E-state index contributed by atoms with van der Waals surface area (Å²) in [5.74, 6) is -0.783. The first-order valence-corrected chi connectivity index (χ1v) is 11.2. The maximum Gasteiger partial charge on any atom is 0.241 e. The Kier molecular flexibility index (Phi) is 3.33. The van der Waals surface area contributed by atoms with E-state index in [-0.39, 0.29) is 23.7 Å². The fourth-order valence-corrected chi connectivity index (χ4v) is 6.75. The SMILES string of the molecule is CC12C(=O)N(c3cccc4ccccc34)C(=O)C1C1c3ccccc3C2c2ccccc21. The number of hydrogen-bond donors (Lipinski definition) is 0. The van der Waals surface area contributed by atoms with Crippen molar-refractivity contribution >= 4 is 28.3 Å². The summed E-state index contributed by atoms with van der Waals surface area (Å²) in [6, 6.07) is 30.6. The number of nitrogens with zero attached hydrogens (tertiary/aromatic N) is 1. The lowest BCUT2D eigenvalue weighted by Gasteiger charge is -2.51. The van der Waals surface area contributed by atoms with Crippen molar-refractivity contribution in [2.45, 2.75) is 18.8 Å². The van der Waals surface area contributed by atoms with Crippen LogP contribution in [-0.2, 0) is 9.59 Å². The number of benzene rings is 4. The Hall–Kier alpha value is -3.72. The molecular weight excluding hydrogens is 394 g/mol. The number of hydrogen-bond acceptors (Lipinski definition) is 2. The van der Waals surface area contributed by atoms with E-state index in [1.165, 1.54) is 27.2 Å². The minimum atomic E-state index is -0.804. The molecule has 3 aliphatic carbocycles. The molecule has 1 aliphatic heterocycles. The molecule has 0 aromatic heterocycles. The zero-order valence-corrected chi connectivity index (χ0v) is 17.7. The van der Waals surface area contributed by atoms with Crippen LogP contribution in [-0.4, -0.2) is 11.8 Å². The van der Waals surface area contributed by atoms with Crippen LogP contribution < -0.4 is 4.90 Å². The molecule has 2 unspecified atom stereocenters. The lowest BCUT2D eigenvalue weighted by atomic mass is 9.48. The number of amides is 2. The maximum atomic E-state index is 14.2. The van der Waals surface area contributed by atoms with Gasteiger partial charge in [-0.15, -0.1) is 0 Å². The highest BCUT2D eigenvalue weighted by atomic mass is 16.2. The summed E-state index contributed by atoms with van der Waals surface area (Å²) in [6.45, 7) is 2.02. The van der Waals surface area contributed by atoms with Crippen LogP contribution >= 0.6 is 0 Å². The van der Waals surface area contributed by atoms with E-state index in [1.807, 2.05) is 73.7 Å². The van der Waals surface area contributed by atoms with Crippen LogP contribution in [0.3, 0.4) is 0 Å². The summed E-state index contributed by atoms with van der Waals surface area (Å²) in [5, 5.41) is 1.96. The molecule has 4 aromatic rings. The fourth-order valence-electron chi connectivity index (χ4n) is 6.75. The molecule has 3 nitrogen and oxygen atoms in total. The van der Waals surface area contributed by atoms with Gasteiger partial charge in [-0.25, -0.2) is 4.90 Å². The van der Waals surface area contributed by atoms with E-state index < -0.39 is 11.3 Å². The second-order valence-electron chi connectivity index (χ2n) is 9.41. The van der Waals surface area contributed by atoms with E-state index in [0.29, 0.717) is 5.69 Å². The van der Waals surface area contributed by atoms with Gasteiger partial charge in [0.15, 0.2) is 0 Å². The highest BCUT2D eigenvalue weighted by Crippen LogP contribution is 2.67. The third-order valence-corrected chi connectivity index (χ3v) is 8.02. The number of anilines is 1. The molecule has 1 saturated heterocycles. The summed E-state index contributed by atoms with van der Waals surface area (Å²) < 4.78 is 0. The van der Waals surface area contributed by atoms with Crippen molar-refractivity contribution in [1.29, 1.82) is 0 Å². The quantitative estimate of drug-likeness (QED) is 0.378. The Morgan fingerprint density at radius 2 is 1.25 bits per heavy atom. The van der Waals surface area contributed by atoms with Gasteiger partial charge in [0.2, 0.25) is 11.8 Å². The van der Waals surface area contributed by atoms with Crippen LogP contribution in [0, 0.1) is 11.3 Å². The number of imide groups is 1. The number of rotatable bonds is 1. The topological polar surface area (TPSA) is 37.4 Å². The highest BCUT2D eigenvalue weighted by Gasteiger charge is 2.68. The average Bonchev–Trinajstić information content (AvgIpc) is 3.04. The molecular formula is C29H21NO2. The average molecular weight is 415 g/mol. The normalized spacial score (nSPS) is 27.4. The van der Waals surface area contributed by atoms with Gasteiger partial charge in [0, 0.05) is 17.2 Å². The van der Waals surface area contributed by atoms with Gasteiger partial charge >= 0.3 is 0 Å². The van der Waals surface area contributed by atoms with Crippen LogP contribution in [0.25, 0.3) is 10.8 Å². The summed E-state index contributed by atoms with van der Waals surface area (Å²) >= 11 is 0. The first-order valence-electron chi connectivity index (χ1n) is 11.2. The molecule has 1 fully saturated rings. The van der Waals surface area contributed by atoms with Gasteiger partial charge in [-0.05, 0) is 40.6 Å². The number of carbonyl (C=O) groups excluding carboxylic acids is 2. The standard InChI is InChI=1S/C29H21NO2/c1-29-25-21-14-6-4-12-19(21)24(20-13-5-7-15-22(20)25)26(29)27(31)30(28(29)32)23-16-8-10-17-9-2-3-11-18(17)23/h2-16,24-26H,1H3. The van der Waals surface area contributed by atoms with Gasteiger partial charge in [0.1, 0.15) is 0 Å². The number of fused-ring (bicyclic) bond motifs is 1.